The van der Waals surface area contributed by atoms with Crippen molar-refractivity contribution < 1.29 is 18.0 Å². The number of carbonyl (C=O) groups excluding carboxylic acids is 1. The molecule has 1 unspecified atom stereocenters. The smallest absolute Gasteiger partial charge is 0.294 e. The number of pyridine rings is 1. The van der Waals surface area contributed by atoms with Gasteiger partial charge in [0.05, 0.1) is 21.8 Å². The molecular weight excluding hydrogens is 387 g/mol. The normalized spacial score (nSPS) is 20.1. The number of halogens is 4. The lowest BCUT2D eigenvalue weighted by atomic mass is 9.75. The van der Waals surface area contributed by atoms with Gasteiger partial charge >= 0.3 is 6.18 Å². The van der Waals surface area contributed by atoms with E-state index in [1.54, 1.807) is 6.92 Å². The first-order valence-electron chi connectivity index (χ1n) is 7.33. The van der Waals surface area contributed by atoms with Crippen LogP contribution in [-0.4, -0.2) is 20.5 Å². The van der Waals surface area contributed by atoms with Crippen LogP contribution < -0.4 is 0 Å². The standard InChI is InChI=1S/C16H15BrF3N3O/c1-8-11-10(24)7-15(2,3)13(17)12(11)23(22-8)14-9(16(18,19)20)5-4-6-21-14/h4-6,13H,7H2,1-3H3. The Bertz CT molecular complexity index is 826. The molecule has 1 aliphatic rings. The van der Waals surface area contributed by atoms with Gasteiger partial charge in [0.1, 0.15) is 5.56 Å². The summed E-state index contributed by atoms with van der Waals surface area (Å²) in [6.07, 6.45) is -2.98. The molecule has 0 aliphatic heterocycles. The van der Waals surface area contributed by atoms with E-state index in [0.29, 0.717) is 23.4 Å². The van der Waals surface area contributed by atoms with E-state index in [1.807, 2.05) is 13.8 Å². The van der Waals surface area contributed by atoms with Gasteiger partial charge < -0.3 is 0 Å². The largest absolute Gasteiger partial charge is 0.420 e. The maximum atomic E-state index is 13.3. The zero-order valence-corrected chi connectivity index (χ0v) is 14.9. The van der Waals surface area contributed by atoms with Gasteiger partial charge in [-0.1, -0.05) is 29.8 Å². The summed E-state index contributed by atoms with van der Waals surface area (Å²) in [5.41, 5.74) is -0.103. The van der Waals surface area contributed by atoms with Crippen molar-refractivity contribution in [2.45, 2.75) is 38.2 Å². The van der Waals surface area contributed by atoms with Gasteiger partial charge in [0.2, 0.25) is 0 Å². The van der Waals surface area contributed by atoms with Gasteiger partial charge in [0.25, 0.3) is 0 Å². The molecule has 0 bridgehead atoms. The number of carbonyl (C=O) groups is 1. The second-order valence-electron chi connectivity index (χ2n) is 6.58. The molecule has 2 heterocycles. The van der Waals surface area contributed by atoms with E-state index < -0.39 is 17.2 Å². The van der Waals surface area contributed by atoms with Gasteiger partial charge in [-0.15, -0.1) is 0 Å². The van der Waals surface area contributed by atoms with Gasteiger partial charge in [0.15, 0.2) is 11.6 Å². The lowest BCUT2D eigenvalue weighted by Gasteiger charge is -2.34. The van der Waals surface area contributed by atoms with E-state index >= 15 is 0 Å². The van der Waals surface area contributed by atoms with Gasteiger partial charge in [-0.2, -0.15) is 18.3 Å². The summed E-state index contributed by atoms with van der Waals surface area (Å²) >= 11 is 3.55. The molecule has 24 heavy (non-hydrogen) atoms. The number of hydrogen-bond donors (Lipinski definition) is 0. The molecule has 0 saturated carbocycles. The highest BCUT2D eigenvalue weighted by molar-refractivity contribution is 9.09. The van der Waals surface area contributed by atoms with Crippen LogP contribution in [0.15, 0.2) is 18.3 Å². The van der Waals surface area contributed by atoms with Crippen molar-refractivity contribution >= 4 is 21.7 Å². The predicted octanol–water partition coefficient (Wildman–Crippen LogP) is 4.64. The Labute approximate surface area is 145 Å². The van der Waals surface area contributed by atoms with E-state index in [4.69, 9.17) is 0 Å². The van der Waals surface area contributed by atoms with Crippen molar-refractivity contribution in [3.63, 3.8) is 0 Å². The summed E-state index contributed by atoms with van der Waals surface area (Å²) in [4.78, 5) is 16.1. The minimum Gasteiger partial charge on any atom is -0.294 e. The third-order valence-electron chi connectivity index (χ3n) is 4.21. The lowest BCUT2D eigenvalue weighted by molar-refractivity contribution is -0.137. The highest BCUT2D eigenvalue weighted by Crippen LogP contribution is 2.50. The highest BCUT2D eigenvalue weighted by Gasteiger charge is 2.44. The van der Waals surface area contributed by atoms with Gasteiger partial charge in [-0.25, -0.2) is 9.67 Å². The van der Waals surface area contributed by atoms with Crippen molar-refractivity contribution in [3.8, 4) is 5.82 Å². The molecular formula is C16H15BrF3N3O. The van der Waals surface area contributed by atoms with Crippen LogP contribution in [0, 0.1) is 12.3 Å². The summed E-state index contributed by atoms with van der Waals surface area (Å²) in [7, 11) is 0. The second-order valence-corrected chi connectivity index (χ2v) is 7.50. The monoisotopic (exact) mass is 401 g/mol. The molecule has 8 heteroatoms. The third-order valence-corrected chi connectivity index (χ3v) is 5.88. The van der Waals surface area contributed by atoms with Crippen molar-refractivity contribution in [1.82, 2.24) is 14.8 Å². The van der Waals surface area contributed by atoms with Gasteiger partial charge in [-0.05, 0) is 24.5 Å². The molecule has 0 spiro atoms. The van der Waals surface area contributed by atoms with Crippen molar-refractivity contribution in [1.29, 1.82) is 0 Å². The molecule has 0 aromatic carbocycles. The number of Topliss-reactive ketones (excluding diaryl/α,β-unsaturated/α-hetero) is 1. The predicted molar refractivity (Wildman–Crippen MR) is 85.5 cm³/mol. The fraction of sp³-hybridized carbons (Fsp3) is 0.438. The Kier molecular flexibility index (Phi) is 3.86. The van der Waals surface area contributed by atoms with Crippen LogP contribution in [0.5, 0.6) is 0 Å². The molecule has 1 aliphatic carbocycles. The Balaban J connectivity index is 2.31. The van der Waals surface area contributed by atoms with Crippen molar-refractivity contribution in [3.05, 3.63) is 40.8 Å². The number of aromatic nitrogens is 3. The van der Waals surface area contributed by atoms with E-state index in [-0.39, 0.29) is 16.4 Å². The molecule has 0 saturated heterocycles. The van der Waals surface area contributed by atoms with Crippen molar-refractivity contribution in [2.75, 3.05) is 0 Å². The van der Waals surface area contributed by atoms with Crippen molar-refractivity contribution in [2.24, 2.45) is 5.41 Å². The minimum absolute atomic E-state index is 0.112. The Morgan fingerprint density at radius 2 is 2.04 bits per heavy atom. The lowest BCUT2D eigenvalue weighted by Crippen LogP contribution is -2.30. The average molecular weight is 402 g/mol. The zero-order valence-electron chi connectivity index (χ0n) is 13.3. The Hall–Kier alpha value is -1.70. The van der Waals surface area contributed by atoms with Crippen LogP contribution in [-0.2, 0) is 6.18 Å². The van der Waals surface area contributed by atoms with Crippen LogP contribution in [0.3, 0.4) is 0 Å². The maximum Gasteiger partial charge on any atom is 0.420 e. The molecule has 0 radical (unpaired) electrons. The molecule has 1 atom stereocenters. The molecule has 0 amide bonds. The number of alkyl halides is 4. The Morgan fingerprint density at radius 3 is 2.67 bits per heavy atom. The van der Waals surface area contributed by atoms with E-state index in [9.17, 15) is 18.0 Å². The SMILES string of the molecule is Cc1nn(-c2ncccc2C(F)(F)F)c2c1C(=O)CC(C)(C)C2Br. The molecule has 2 aromatic rings. The minimum atomic E-state index is -4.56. The first kappa shape index (κ1) is 17.1. The first-order chi connectivity index (χ1) is 11.0. The zero-order chi connectivity index (χ0) is 17.9. The molecule has 128 valence electrons. The van der Waals surface area contributed by atoms with E-state index in [1.165, 1.54) is 12.3 Å². The average Bonchev–Trinajstić information content (AvgIpc) is 2.81. The summed E-state index contributed by atoms with van der Waals surface area (Å²) in [6.45, 7) is 5.41. The number of nitrogens with zero attached hydrogens (tertiary/aromatic N) is 3. The summed E-state index contributed by atoms with van der Waals surface area (Å²) in [6, 6.07) is 2.20. The van der Waals surface area contributed by atoms with Crippen LogP contribution >= 0.6 is 15.9 Å². The summed E-state index contributed by atoms with van der Waals surface area (Å²) in [5.74, 6) is -0.428. The van der Waals surface area contributed by atoms with Crippen LogP contribution in [0.4, 0.5) is 13.2 Å². The van der Waals surface area contributed by atoms with Gasteiger partial charge in [-0.3, -0.25) is 4.79 Å². The number of fused-ring (bicyclic) bond motifs is 1. The Morgan fingerprint density at radius 1 is 1.38 bits per heavy atom. The number of rotatable bonds is 1. The summed E-state index contributed by atoms with van der Waals surface area (Å²) in [5, 5.41) is 4.21. The van der Waals surface area contributed by atoms with Gasteiger partial charge in [0, 0.05) is 12.6 Å². The molecule has 2 aromatic heterocycles. The van der Waals surface area contributed by atoms with Crippen LogP contribution in [0.25, 0.3) is 5.82 Å². The number of hydrogen-bond acceptors (Lipinski definition) is 3. The molecule has 4 nitrogen and oxygen atoms in total. The highest BCUT2D eigenvalue weighted by atomic mass is 79.9. The topological polar surface area (TPSA) is 47.8 Å². The number of ketones is 1. The fourth-order valence-corrected chi connectivity index (χ4v) is 3.62. The van der Waals surface area contributed by atoms with Crippen LogP contribution in [0.1, 0.15) is 52.4 Å². The third kappa shape index (κ3) is 2.56. The van der Waals surface area contributed by atoms with E-state index in [0.717, 1.165) is 10.7 Å². The quantitative estimate of drug-likeness (QED) is 0.653. The summed E-state index contributed by atoms with van der Waals surface area (Å²) < 4.78 is 41.2. The first-order valence-corrected chi connectivity index (χ1v) is 8.25. The molecule has 0 N–H and O–H groups in total. The number of aryl methyl sites for hydroxylation is 1. The molecule has 3 rings (SSSR count). The second kappa shape index (κ2) is 5.40. The molecule has 0 fully saturated rings. The van der Waals surface area contributed by atoms with E-state index in [2.05, 4.69) is 26.0 Å². The maximum absolute atomic E-state index is 13.3. The van der Waals surface area contributed by atoms with Crippen LogP contribution in [0.2, 0.25) is 0 Å². The fourth-order valence-electron chi connectivity index (χ4n) is 3.03.